The van der Waals surface area contributed by atoms with E-state index >= 15 is 0 Å². The predicted octanol–water partition coefficient (Wildman–Crippen LogP) is 7.51. The molecule has 1 aromatic heterocycles. The molecule has 0 aromatic carbocycles. The summed E-state index contributed by atoms with van der Waals surface area (Å²) in [6.45, 7) is 14.7. The Morgan fingerprint density at radius 1 is 1.19 bits per heavy atom. The fourth-order valence-corrected chi connectivity index (χ4v) is 7.36. The van der Waals surface area contributed by atoms with Gasteiger partial charge in [-0.05, 0) is 61.8 Å². The maximum Gasteiger partial charge on any atom is 0.345 e. The average molecular weight is 575 g/mol. The van der Waals surface area contributed by atoms with Crippen molar-refractivity contribution in [3.05, 3.63) is 45.4 Å². The lowest BCUT2D eigenvalue weighted by atomic mass is 9.66. The SMILES string of the molecule is CCCC1=CC(I)(C(CC)(CC)c2ccc(C(=O)O)s2)CC=C1OCC(C)(O)C(C)(C)C. The number of ether oxygens (including phenoxy) is 1. The molecule has 1 aliphatic rings. The van der Waals surface area contributed by atoms with Crippen LogP contribution in [0.5, 0.6) is 0 Å². The van der Waals surface area contributed by atoms with Gasteiger partial charge in [-0.3, -0.25) is 0 Å². The van der Waals surface area contributed by atoms with Gasteiger partial charge in [-0.2, -0.15) is 0 Å². The molecule has 0 aliphatic heterocycles. The minimum Gasteiger partial charge on any atom is -0.491 e. The third kappa shape index (κ3) is 5.27. The number of carbonyl (C=O) groups is 1. The molecule has 32 heavy (non-hydrogen) atoms. The Labute approximate surface area is 211 Å². The molecule has 1 aromatic rings. The zero-order chi connectivity index (χ0) is 24.4. The van der Waals surface area contributed by atoms with Gasteiger partial charge < -0.3 is 14.9 Å². The molecule has 4 nitrogen and oxygen atoms in total. The van der Waals surface area contributed by atoms with E-state index in [4.69, 9.17) is 4.74 Å². The maximum absolute atomic E-state index is 11.5. The molecule has 2 unspecified atom stereocenters. The number of carboxylic acids is 1. The minimum atomic E-state index is -0.940. The maximum atomic E-state index is 11.5. The van der Waals surface area contributed by atoms with Crippen LogP contribution in [-0.4, -0.2) is 31.8 Å². The molecule has 180 valence electrons. The van der Waals surface area contributed by atoms with E-state index in [1.54, 1.807) is 6.07 Å². The smallest absolute Gasteiger partial charge is 0.345 e. The molecule has 0 saturated carbocycles. The molecule has 1 heterocycles. The van der Waals surface area contributed by atoms with E-state index in [2.05, 4.69) is 55.5 Å². The van der Waals surface area contributed by atoms with Crippen LogP contribution in [0.4, 0.5) is 0 Å². The topological polar surface area (TPSA) is 66.8 Å². The largest absolute Gasteiger partial charge is 0.491 e. The van der Waals surface area contributed by atoms with Crippen LogP contribution < -0.4 is 0 Å². The zero-order valence-corrected chi connectivity index (χ0v) is 23.5. The van der Waals surface area contributed by atoms with E-state index < -0.39 is 11.6 Å². The second kappa shape index (κ2) is 10.2. The van der Waals surface area contributed by atoms with Crippen LogP contribution in [0.3, 0.4) is 0 Å². The highest BCUT2D eigenvalue weighted by molar-refractivity contribution is 14.1. The summed E-state index contributed by atoms with van der Waals surface area (Å²) in [5, 5.41) is 20.3. The molecule has 1 aliphatic carbocycles. The van der Waals surface area contributed by atoms with E-state index in [1.807, 2.05) is 33.8 Å². The van der Waals surface area contributed by atoms with E-state index in [-0.39, 0.29) is 20.9 Å². The molecule has 0 spiro atoms. The summed E-state index contributed by atoms with van der Waals surface area (Å²) in [6, 6.07) is 3.74. The van der Waals surface area contributed by atoms with E-state index in [9.17, 15) is 15.0 Å². The molecule has 6 heteroatoms. The Kier molecular flexibility index (Phi) is 8.71. The molecule has 0 fully saturated rings. The van der Waals surface area contributed by atoms with E-state index in [0.717, 1.165) is 42.7 Å². The highest BCUT2D eigenvalue weighted by Crippen LogP contribution is 2.54. The third-order valence-electron chi connectivity index (χ3n) is 7.24. The van der Waals surface area contributed by atoms with E-state index in [1.165, 1.54) is 16.9 Å². The second-order valence-corrected chi connectivity index (χ2v) is 13.1. The number of alkyl halides is 1. The Bertz CT molecular complexity index is 871. The highest BCUT2D eigenvalue weighted by atomic mass is 127. The van der Waals surface area contributed by atoms with Crippen molar-refractivity contribution in [2.45, 2.75) is 95.0 Å². The van der Waals surface area contributed by atoms with Gasteiger partial charge in [-0.25, -0.2) is 4.79 Å². The first-order valence-electron chi connectivity index (χ1n) is 11.6. The van der Waals surface area contributed by atoms with Gasteiger partial charge in [0.2, 0.25) is 0 Å². The summed E-state index contributed by atoms with van der Waals surface area (Å²) in [5.74, 6) is 0.0133. The van der Waals surface area contributed by atoms with Gasteiger partial charge >= 0.3 is 5.97 Å². The summed E-state index contributed by atoms with van der Waals surface area (Å²) in [7, 11) is 0. The fraction of sp³-hybridized carbons (Fsp3) is 0.654. The predicted molar refractivity (Wildman–Crippen MR) is 142 cm³/mol. The lowest BCUT2D eigenvalue weighted by molar-refractivity contribution is -0.0865. The van der Waals surface area contributed by atoms with Crippen molar-refractivity contribution in [2.24, 2.45) is 5.41 Å². The molecule has 2 N–H and O–H groups in total. The van der Waals surface area contributed by atoms with Crippen LogP contribution in [0.1, 0.15) is 95.1 Å². The number of allylic oxidation sites excluding steroid dienone is 3. The molecule has 2 atom stereocenters. The van der Waals surface area contributed by atoms with Crippen molar-refractivity contribution in [3.63, 3.8) is 0 Å². The number of aliphatic hydroxyl groups is 1. The van der Waals surface area contributed by atoms with Gasteiger partial charge in [-0.15, -0.1) is 11.3 Å². The average Bonchev–Trinajstić information content (AvgIpc) is 3.19. The van der Waals surface area contributed by atoms with Gasteiger partial charge in [0.25, 0.3) is 0 Å². The summed E-state index contributed by atoms with van der Waals surface area (Å²) >= 11 is 3.99. The first-order chi connectivity index (χ1) is 14.8. The van der Waals surface area contributed by atoms with Crippen molar-refractivity contribution in [1.82, 2.24) is 0 Å². The van der Waals surface area contributed by atoms with Gasteiger partial charge in [0, 0.05) is 10.3 Å². The van der Waals surface area contributed by atoms with Crippen LogP contribution in [-0.2, 0) is 10.2 Å². The quantitative estimate of drug-likeness (QED) is 0.224. The number of hydrogen-bond donors (Lipinski definition) is 2. The van der Waals surface area contributed by atoms with E-state index in [0.29, 0.717) is 4.88 Å². The monoisotopic (exact) mass is 574 g/mol. The summed E-state index contributed by atoms with van der Waals surface area (Å²) in [5.41, 5.74) is -0.210. The van der Waals surface area contributed by atoms with Crippen LogP contribution in [0.2, 0.25) is 0 Å². The molecule has 0 bridgehead atoms. The standard InChI is InChI=1S/C26H39IO4S/c1-8-11-18-16-26(27,15-14-19(18)31-17-24(7,30)23(4,5)6)25(9-2,10-3)21-13-12-20(32-21)22(28)29/h12-14,16,30H,8-11,15,17H2,1-7H3,(H,28,29). The number of rotatable bonds is 10. The van der Waals surface area contributed by atoms with Crippen LogP contribution in [0.25, 0.3) is 0 Å². The van der Waals surface area contributed by atoms with Crippen molar-refractivity contribution >= 4 is 39.9 Å². The number of aromatic carboxylic acids is 1. The molecule has 0 amide bonds. The molecule has 2 rings (SSSR count). The Hall–Kier alpha value is -0.860. The Morgan fingerprint density at radius 2 is 1.81 bits per heavy atom. The van der Waals surface area contributed by atoms with Crippen LogP contribution >= 0.6 is 33.9 Å². The second-order valence-electron chi connectivity index (χ2n) is 10.1. The normalized spacial score (nSPS) is 21.5. The summed E-state index contributed by atoms with van der Waals surface area (Å²) in [4.78, 5) is 13.1. The van der Waals surface area contributed by atoms with Crippen molar-refractivity contribution in [3.8, 4) is 0 Å². The van der Waals surface area contributed by atoms with Crippen LogP contribution in [0.15, 0.2) is 35.6 Å². The van der Waals surface area contributed by atoms with Gasteiger partial charge in [0.1, 0.15) is 22.8 Å². The highest BCUT2D eigenvalue weighted by Gasteiger charge is 2.49. The number of halogens is 1. The first kappa shape index (κ1) is 27.4. The van der Waals surface area contributed by atoms with Crippen LogP contribution in [0, 0.1) is 5.41 Å². The van der Waals surface area contributed by atoms with Crippen molar-refractivity contribution < 1.29 is 19.7 Å². The summed E-state index contributed by atoms with van der Waals surface area (Å²) < 4.78 is 6.04. The number of thiophene rings is 1. The Balaban J connectivity index is 2.42. The zero-order valence-electron chi connectivity index (χ0n) is 20.5. The van der Waals surface area contributed by atoms with Gasteiger partial charge in [-0.1, -0.05) is 76.6 Å². The first-order valence-corrected chi connectivity index (χ1v) is 13.5. The fourth-order valence-electron chi connectivity index (χ4n) is 4.26. The Morgan fingerprint density at radius 3 is 2.28 bits per heavy atom. The molecular formula is C26H39IO4S. The van der Waals surface area contributed by atoms with Crippen molar-refractivity contribution in [2.75, 3.05) is 6.61 Å². The lowest BCUT2D eigenvalue weighted by Crippen LogP contribution is -2.46. The molecular weight excluding hydrogens is 535 g/mol. The molecule has 0 saturated heterocycles. The lowest BCUT2D eigenvalue weighted by Gasteiger charge is -2.46. The van der Waals surface area contributed by atoms with Crippen molar-refractivity contribution in [1.29, 1.82) is 0 Å². The number of carboxylic acid groups (broad SMARTS) is 1. The number of hydrogen-bond acceptors (Lipinski definition) is 4. The van der Waals surface area contributed by atoms with Gasteiger partial charge in [0.05, 0.1) is 3.42 Å². The third-order valence-corrected chi connectivity index (χ3v) is 10.3. The minimum absolute atomic E-state index is 0.163. The molecule has 0 radical (unpaired) electrons. The van der Waals surface area contributed by atoms with Gasteiger partial charge in [0.15, 0.2) is 0 Å². The summed E-state index contributed by atoms with van der Waals surface area (Å²) in [6.07, 6.45) is 9.10.